The summed E-state index contributed by atoms with van der Waals surface area (Å²) in [5.74, 6) is -0.812. The number of benzene rings is 1. The Morgan fingerprint density at radius 2 is 2.00 bits per heavy atom. The average Bonchev–Trinajstić information content (AvgIpc) is 2.38. The first-order valence-electron chi connectivity index (χ1n) is 6.45. The van der Waals surface area contributed by atoms with Crippen molar-refractivity contribution >= 4 is 5.97 Å². The molecule has 0 aliphatic heterocycles. The summed E-state index contributed by atoms with van der Waals surface area (Å²) in [6, 6.07) is 9.12. The largest absolute Gasteiger partial charge is 0.480 e. The van der Waals surface area contributed by atoms with Crippen molar-refractivity contribution in [2.24, 2.45) is 0 Å². The zero-order valence-corrected chi connectivity index (χ0v) is 11.1. The van der Waals surface area contributed by atoms with Crippen LogP contribution >= 0.6 is 0 Å². The molecular weight excluding hydrogens is 228 g/mol. The molecule has 1 aromatic rings. The zero-order chi connectivity index (χ0) is 13.4. The highest BCUT2D eigenvalue weighted by molar-refractivity contribution is 5.73. The van der Waals surface area contributed by atoms with E-state index in [4.69, 9.17) is 0 Å². The maximum atomic E-state index is 11.3. The van der Waals surface area contributed by atoms with E-state index in [2.05, 4.69) is 12.3 Å². The van der Waals surface area contributed by atoms with Gasteiger partial charge in [0.05, 0.1) is 0 Å². The highest BCUT2D eigenvalue weighted by atomic mass is 16.4. The molecule has 1 rings (SSSR count). The van der Waals surface area contributed by atoms with Crippen molar-refractivity contribution in [3.05, 3.63) is 35.9 Å². The summed E-state index contributed by atoms with van der Waals surface area (Å²) in [6.07, 6.45) is 1.49. The first kappa shape index (κ1) is 14.7. The number of hydrogen-bond acceptors (Lipinski definition) is 3. The maximum absolute atomic E-state index is 11.3. The minimum Gasteiger partial charge on any atom is -0.480 e. The van der Waals surface area contributed by atoms with Crippen LogP contribution in [0.4, 0.5) is 0 Å². The summed E-state index contributed by atoms with van der Waals surface area (Å²) in [6.45, 7) is 5.75. The van der Waals surface area contributed by atoms with Crippen molar-refractivity contribution in [2.75, 3.05) is 13.1 Å². The molecule has 4 heteroatoms. The van der Waals surface area contributed by atoms with Gasteiger partial charge in [-0.3, -0.25) is 4.79 Å². The Kier molecular flexibility index (Phi) is 6.39. The summed E-state index contributed by atoms with van der Waals surface area (Å²) in [5.41, 5.74) is 4.12. The van der Waals surface area contributed by atoms with Crippen LogP contribution in [0.3, 0.4) is 0 Å². The quantitative estimate of drug-likeness (QED) is 0.692. The average molecular weight is 250 g/mol. The van der Waals surface area contributed by atoms with Crippen LogP contribution in [0.15, 0.2) is 30.3 Å². The molecule has 0 unspecified atom stereocenters. The molecule has 0 fully saturated rings. The number of carbonyl (C=O) groups is 1. The van der Waals surface area contributed by atoms with E-state index in [0.29, 0.717) is 6.42 Å². The van der Waals surface area contributed by atoms with E-state index in [-0.39, 0.29) is 0 Å². The number of aliphatic carboxylic acids is 1. The van der Waals surface area contributed by atoms with E-state index in [9.17, 15) is 9.90 Å². The Hall–Kier alpha value is -1.39. The summed E-state index contributed by atoms with van der Waals surface area (Å²) >= 11 is 0. The molecule has 0 heterocycles. The second-order valence-corrected chi connectivity index (χ2v) is 4.29. The van der Waals surface area contributed by atoms with Gasteiger partial charge < -0.3 is 5.11 Å². The first-order valence-corrected chi connectivity index (χ1v) is 6.45. The minimum absolute atomic E-state index is 0.496. The zero-order valence-electron chi connectivity index (χ0n) is 11.1. The summed E-state index contributed by atoms with van der Waals surface area (Å²) in [7, 11) is 0. The molecule has 0 saturated heterocycles. The van der Waals surface area contributed by atoms with Crippen LogP contribution in [-0.2, 0) is 11.2 Å². The van der Waals surface area contributed by atoms with Gasteiger partial charge in [0, 0.05) is 13.1 Å². The normalized spacial score (nSPS) is 12.6. The molecule has 4 nitrogen and oxygen atoms in total. The van der Waals surface area contributed by atoms with E-state index < -0.39 is 12.0 Å². The topological polar surface area (TPSA) is 52.6 Å². The lowest BCUT2D eigenvalue weighted by Gasteiger charge is -2.25. The van der Waals surface area contributed by atoms with E-state index in [1.54, 1.807) is 0 Å². The number of carboxylic acids is 1. The van der Waals surface area contributed by atoms with Gasteiger partial charge in [-0.15, -0.1) is 0 Å². The van der Waals surface area contributed by atoms with Gasteiger partial charge in [-0.1, -0.05) is 44.2 Å². The second kappa shape index (κ2) is 7.84. The molecule has 0 spiro atoms. The lowest BCUT2D eigenvalue weighted by atomic mass is 10.1. The highest BCUT2D eigenvalue weighted by Gasteiger charge is 2.19. The SMILES string of the molecule is CCCN(CC)N[C@@H](Cc1ccccc1)C(=O)O. The molecule has 100 valence electrons. The lowest BCUT2D eigenvalue weighted by Crippen LogP contribution is -2.49. The Morgan fingerprint density at radius 1 is 1.33 bits per heavy atom. The molecule has 0 saturated carbocycles. The molecule has 0 bridgehead atoms. The fraction of sp³-hybridized carbons (Fsp3) is 0.500. The van der Waals surface area contributed by atoms with Crippen LogP contribution in [0.2, 0.25) is 0 Å². The van der Waals surface area contributed by atoms with E-state index >= 15 is 0 Å². The van der Waals surface area contributed by atoms with E-state index in [0.717, 1.165) is 25.1 Å². The Morgan fingerprint density at radius 3 is 2.50 bits per heavy atom. The first-order chi connectivity index (χ1) is 8.67. The summed E-state index contributed by atoms with van der Waals surface area (Å²) in [5, 5.41) is 11.2. The Balaban J connectivity index is 2.62. The molecule has 2 N–H and O–H groups in total. The summed E-state index contributed by atoms with van der Waals surface area (Å²) < 4.78 is 0. The highest BCUT2D eigenvalue weighted by Crippen LogP contribution is 2.04. The van der Waals surface area contributed by atoms with Gasteiger partial charge >= 0.3 is 5.97 Å². The van der Waals surface area contributed by atoms with E-state index in [1.165, 1.54) is 0 Å². The van der Waals surface area contributed by atoms with Crippen molar-refractivity contribution in [3.8, 4) is 0 Å². The second-order valence-electron chi connectivity index (χ2n) is 4.29. The van der Waals surface area contributed by atoms with Gasteiger partial charge in [0.15, 0.2) is 0 Å². The van der Waals surface area contributed by atoms with Crippen LogP contribution in [0, 0.1) is 0 Å². The van der Waals surface area contributed by atoms with Gasteiger partial charge in [-0.2, -0.15) is 0 Å². The third-order valence-corrected chi connectivity index (χ3v) is 2.79. The van der Waals surface area contributed by atoms with Crippen LogP contribution in [-0.4, -0.2) is 35.2 Å². The van der Waals surface area contributed by atoms with Gasteiger partial charge in [0.2, 0.25) is 0 Å². The van der Waals surface area contributed by atoms with Gasteiger partial charge in [-0.05, 0) is 18.4 Å². The van der Waals surface area contributed by atoms with Crippen LogP contribution in [0.5, 0.6) is 0 Å². The monoisotopic (exact) mass is 250 g/mol. The van der Waals surface area contributed by atoms with Crippen molar-refractivity contribution in [3.63, 3.8) is 0 Å². The van der Waals surface area contributed by atoms with Crippen LogP contribution < -0.4 is 5.43 Å². The number of hydrazine groups is 1. The number of nitrogens with one attached hydrogen (secondary N) is 1. The van der Waals surface area contributed by atoms with Gasteiger partial charge in [0.25, 0.3) is 0 Å². The molecule has 1 aromatic carbocycles. The molecule has 0 aliphatic carbocycles. The standard InChI is InChI=1S/C14H22N2O2/c1-3-10-16(4-2)15-13(14(17)18)11-12-8-6-5-7-9-12/h5-9,13,15H,3-4,10-11H2,1-2H3,(H,17,18)/t13-/m0/s1. The van der Waals surface area contributed by atoms with E-state index in [1.807, 2.05) is 42.3 Å². The maximum Gasteiger partial charge on any atom is 0.322 e. The number of hydrogen-bond donors (Lipinski definition) is 2. The fourth-order valence-electron chi connectivity index (χ4n) is 1.84. The predicted octanol–water partition coefficient (Wildman–Crippen LogP) is 1.92. The molecular formula is C14H22N2O2. The summed E-state index contributed by atoms with van der Waals surface area (Å²) in [4.78, 5) is 11.3. The lowest BCUT2D eigenvalue weighted by molar-refractivity contribution is -0.141. The molecule has 0 aromatic heterocycles. The molecule has 18 heavy (non-hydrogen) atoms. The minimum atomic E-state index is -0.812. The molecule has 0 aliphatic rings. The number of rotatable bonds is 8. The van der Waals surface area contributed by atoms with Crippen molar-refractivity contribution in [1.82, 2.24) is 10.4 Å². The van der Waals surface area contributed by atoms with Crippen LogP contribution in [0.1, 0.15) is 25.8 Å². The molecule has 0 radical (unpaired) electrons. The van der Waals surface area contributed by atoms with Crippen molar-refractivity contribution in [2.45, 2.75) is 32.7 Å². The fourth-order valence-corrected chi connectivity index (χ4v) is 1.84. The Bertz CT molecular complexity index is 354. The van der Waals surface area contributed by atoms with Gasteiger partial charge in [0.1, 0.15) is 6.04 Å². The Labute approximate surface area is 109 Å². The molecule has 0 amide bonds. The number of carboxylic acid groups (broad SMARTS) is 1. The van der Waals surface area contributed by atoms with Crippen molar-refractivity contribution in [1.29, 1.82) is 0 Å². The third-order valence-electron chi connectivity index (χ3n) is 2.79. The van der Waals surface area contributed by atoms with Crippen LogP contribution in [0.25, 0.3) is 0 Å². The number of nitrogens with zero attached hydrogens (tertiary/aromatic N) is 1. The smallest absolute Gasteiger partial charge is 0.322 e. The van der Waals surface area contributed by atoms with Crippen molar-refractivity contribution < 1.29 is 9.90 Å². The predicted molar refractivity (Wildman–Crippen MR) is 72.2 cm³/mol. The molecule has 1 atom stereocenters. The third kappa shape index (κ3) is 4.85. The van der Waals surface area contributed by atoms with Gasteiger partial charge in [-0.25, -0.2) is 10.4 Å².